The molecule has 7 nitrogen and oxygen atoms in total. The van der Waals surface area contributed by atoms with Crippen LogP contribution in [0.2, 0.25) is 16.7 Å². The molecule has 15 heteroatoms. The molecule has 1 N–H and O–H groups in total. The predicted molar refractivity (Wildman–Crippen MR) is 133 cm³/mol. The second-order valence-electron chi connectivity index (χ2n) is 8.74. The zero-order valence-corrected chi connectivity index (χ0v) is 19.8. The average Bonchev–Trinajstić information content (AvgIpc) is 3.21. The van der Waals surface area contributed by atoms with Crippen molar-refractivity contribution in [3.05, 3.63) is 69.7 Å². The molecule has 0 saturated carbocycles. The fourth-order valence-corrected chi connectivity index (χ4v) is 4.37. The van der Waals surface area contributed by atoms with Gasteiger partial charge in [-0.05, 0) is 35.1 Å². The van der Waals surface area contributed by atoms with Crippen molar-refractivity contribution in [3.63, 3.8) is 0 Å². The van der Waals surface area contributed by atoms with Crippen LogP contribution < -0.4 is 5.32 Å². The summed E-state index contributed by atoms with van der Waals surface area (Å²) in [5.74, 6) is -12.6. The summed E-state index contributed by atoms with van der Waals surface area (Å²) in [6.07, 6.45) is 0. The summed E-state index contributed by atoms with van der Waals surface area (Å²) in [4.78, 5) is 51.2. The van der Waals surface area contributed by atoms with Gasteiger partial charge in [-0.1, -0.05) is 41.7 Å². The summed E-state index contributed by atoms with van der Waals surface area (Å²) >= 11 is 5.72. The standard InChI is InChI=1S/C22H13B5ClF2N3O4/c23-14-15(24)21(26,19(36)31-17(14)34)32-8-10-7-9(1-6-13(10)18(32)35)16(25)33(27)20(37)22(29,30)11-2-4-12(28)5-3-11/h1-7,14-16H,8H2,(H,31,34,36)/t14?,15?,16?,21-/m1/s1. The van der Waals surface area contributed by atoms with E-state index in [-0.39, 0.29) is 27.5 Å². The number of amides is 4. The van der Waals surface area contributed by atoms with E-state index < -0.39 is 58.1 Å². The van der Waals surface area contributed by atoms with Crippen LogP contribution in [0.4, 0.5) is 8.78 Å². The van der Waals surface area contributed by atoms with E-state index in [4.69, 9.17) is 51.0 Å². The average molecular weight is 511 g/mol. The number of fused-ring (bicyclic) bond motifs is 1. The number of nitrogens with zero attached hydrogens (tertiary/aromatic N) is 2. The molecule has 2 aromatic carbocycles. The van der Waals surface area contributed by atoms with Crippen LogP contribution in [0.15, 0.2) is 42.5 Å². The fraction of sp³-hybridized carbons (Fsp3) is 0.273. The van der Waals surface area contributed by atoms with Gasteiger partial charge in [0.15, 0.2) is 0 Å². The van der Waals surface area contributed by atoms with Crippen LogP contribution in [-0.4, -0.2) is 78.1 Å². The maximum absolute atomic E-state index is 14.8. The lowest BCUT2D eigenvalue weighted by atomic mass is 9.48. The summed E-state index contributed by atoms with van der Waals surface area (Å²) in [7, 11) is 29.6. The van der Waals surface area contributed by atoms with Crippen molar-refractivity contribution in [3.8, 4) is 0 Å². The van der Waals surface area contributed by atoms with Crippen LogP contribution in [0.5, 0.6) is 0 Å². The van der Waals surface area contributed by atoms with Gasteiger partial charge in [0.1, 0.15) is 15.7 Å². The van der Waals surface area contributed by atoms with Crippen molar-refractivity contribution in [2.75, 3.05) is 0 Å². The molecule has 0 aromatic heterocycles. The van der Waals surface area contributed by atoms with Crippen molar-refractivity contribution in [1.82, 2.24) is 15.0 Å². The third-order valence-electron chi connectivity index (χ3n) is 6.53. The first-order chi connectivity index (χ1) is 17.2. The highest BCUT2D eigenvalue weighted by atomic mass is 35.5. The van der Waals surface area contributed by atoms with E-state index in [1.807, 2.05) is 5.32 Å². The Morgan fingerprint density at radius 3 is 2.41 bits per heavy atom. The van der Waals surface area contributed by atoms with Gasteiger partial charge in [-0.3, -0.25) is 24.5 Å². The number of alkyl halides is 2. The number of imide groups is 1. The van der Waals surface area contributed by atoms with E-state index >= 15 is 0 Å². The van der Waals surface area contributed by atoms with Crippen LogP contribution in [-0.2, 0) is 26.9 Å². The number of rotatable bonds is 5. The molecule has 2 aliphatic rings. The molecule has 1 saturated heterocycles. The number of benzene rings is 2. The number of carbonyl (C=O) groups excluding carboxylic acids is 4. The molecule has 4 amide bonds. The third-order valence-corrected chi connectivity index (χ3v) is 6.78. The highest BCUT2D eigenvalue weighted by Gasteiger charge is 2.53. The summed E-state index contributed by atoms with van der Waals surface area (Å²) in [5, 5.41) is 2.20. The van der Waals surface area contributed by atoms with Crippen LogP contribution in [0.1, 0.15) is 33.0 Å². The highest BCUT2D eigenvalue weighted by Crippen LogP contribution is 2.41. The normalized spacial score (nSPS) is 24.4. The van der Waals surface area contributed by atoms with E-state index in [9.17, 15) is 28.0 Å². The Kier molecular flexibility index (Phi) is 6.86. The topological polar surface area (TPSA) is 86.8 Å². The van der Waals surface area contributed by atoms with Crippen LogP contribution >= 0.6 is 11.6 Å². The van der Waals surface area contributed by atoms with E-state index in [0.29, 0.717) is 5.56 Å². The fourth-order valence-electron chi connectivity index (χ4n) is 4.24. The number of piperidine rings is 1. The third kappa shape index (κ3) is 4.29. The van der Waals surface area contributed by atoms with Crippen LogP contribution in [0, 0.1) is 0 Å². The maximum atomic E-state index is 14.8. The molecule has 2 aliphatic heterocycles. The molecule has 2 aromatic rings. The highest BCUT2D eigenvalue weighted by molar-refractivity contribution is 6.43. The zero-order chi connectivity index (χ0) is 27.4. The molecule has 4 atom stereocenters. The lowest BCUT2D eigenvalue weighted by molar-refractivity contribution is -0.154. The molecule has 0 bridgehead atoms. The monoisotopic (exact) mass is 511 g/mol. The van der Waals surface area contributed by atoms with Crippen molar-refractivity contribution in [2.45, 2.75) is 35.5 Å². The summed E-state index contributed by atoms with van der Waals surface area (Å²) in [6.45, 7) is -0.243. The Labute approximate surface area is 222 Å². The predicted octanol–water partition coefficient (Wildman–Crippen LogP) is 0.602. The molecule has 10 radical (unpaired) electrons. The summed E-state index contributed by atoms with van der Waals surface area (Å²) in [5.41, 5.74) is -2.24. The first-order valence-electron chi connectivity index (χ1n) is 10.8. The van der Waals surface area contributed by atoms with Gasteiger partial charge in [-0.15, -0.1) is 0 Å². The molecule has 176 valence electrons. The van der Waals surface area contributed by atoms with E-state index in [1.54, 1.807) is 0 Å². The van der Waals surface area contributed by atoms with Crippen LogP contribution in [0.25, 0.3) is 0 Å². The van der Waals surface area contributed by atoms with E-state index in [0.717, 1.165) is 17.0 Å². The molecular weight excluding hydrogens is 498 g/mol. The Morgan fingerprint density at radius 1 is 1.16 bits per heavy atom. The number of hydrogen-bond donors (Lipinski definition) is 1. The van der Waals surface area contributed by atoms with Crippen molar-refractivity contribution >= 4 is 74.6 Å². The molecule has 0 aliphatic carbocycles. The van der Waals surface area contributed by atoms with Gasteiger partial charge < -0.3 is 9.71 Å². The minimum Gasteiger partial charge on any atom is -0.393 e. The van der Waals surface area contributed by atoms with Crippen LogP contribution in [0.3, 0.4) is 0 Å². The van der Waals surface area contributed by atoms with Crippen molar-refractivity contribution < 1.29 is 28.0 Å². The number of hydrogen-bond acceptors (Lipinski definition) is 4. The van der Waals surface area contributed by atoms with Crippen molar-refractivity contribution in [1.29, 1.82) is 0 Å². The second kappa shape index (κ2) is 9.38. The molecule has 4 rings (SSSR count). The van der Waals surface area contributed by atoms with Gasteiger partial charge >= 0.3 is 5.92 Å². The minimum absolute atomic E-state index is 0.117. The molecule has 3 unspecified atom stereocenters. The van der Waals surface area contributed by atoms with Crippen molar-refractivity contribution in [2.24, 2.45) is 0 Å². The molecule has 1 fully saturated rings. The number of nitrogens with one attached hydrogen (secondary N) is 1. The van der Waals surface area contributed by atoms with E-state index in [2.05, 4.69) is 0 Å². The van der Waals surface area contributed by atoms with Gasteiger partial charge in [-0.25, -0.2) is 0 Å². The van der Waals surface area contributed by atoms with E-state index in [1.165, 1.54) is 30.3 Å². The smallest absolute Gasteiger partial charge is 0.348 e. The van der Waals surface area contributed by atoms with Gasteiger partial charge in [0.05, 0.1) is 21.1 Å². The molecule has 0 spiro atoms. The Bertz CT molecular complexity index is 1320. The first-order valence-corrected chi connectivity index (χ1v) is 11.2. The number of halogens is 3. The Balaban J connectivity index is 1.58. The lowest BCUT2D eigenvalue weighted by Crippen LogP contribution is -2.67. The Hall–Kier alpha value is -3.01. The second-order valence-corrected chi connectivity index (χ2v) is 9.18. The molecule has 37 heavy (non-hydrogen) atoms. The van der Waals surface area contributed by atoms with Gasteiger partial charge in [0.25, 0.3) is 11.8 Å². The number of carbonyl (C=O) groups is 4. The summed E-state index contributed by atoms with van der Waals surface area (Å²) < 4.78 is 29.6. The summed E-state index contributed by atoms with van der Waals surface area (Å²) in [6, 6.07) is 8.39. The molecular formula is C22H13B5ClF2N3O4. The van der Waals surface area contributed by atoms with Gasteiger partial charge in [-0.2, -0.15) is 8.78 Å². The quantitative estimate of drug-likeness (QED) is 0.471. The largest absolute Gasteiger partial charge is 0.393 e. The van der Waals surface area contributed by atoms with Gasteiger partial charge in [0, 0.05) is 28.6 Å². The molecule has 2 heterocycles. The minimum atomic E-state index is -4.01. The lowest BCUT2D eigenvalue weighted by Gasteiger charge is -2.48. The van der Waals surface area contributed by atoms with Gasteiger partial charge in [0.2, 0.25) is 19.8 Å². The zero-order valence-electron chi connectivity index (χ0n) is 19.0. The SMILES string of the molecule is [B]C1C(=O)NC(=O)[C@]([B])(N2Cc3cc(C([B])N([B])C(=O)C(F)(F)c4ccc(Cl)cc4)ccc3C2=O)C1[B]. The Morgan fingerprint density at radius 2 is 1.78 bits per heavy atom. The maximum Gasteiger partial charge on any atom is 0.348 e. The first kappa shape index (κ1) is 27.0.